The monoisotopic (exact) mass is 436 g/mol. The predicted octanol–water partition coefficient (Wildman–Crippen LogP) is 3.18. The van der Waals surface area contributed by atoms with Crippen LogP contribution < -0.4 is 15.4 Å². The molecule has 1 aliphatic heterocycles. The van der Waals surface area contributed by atoms with E-state index in [0.717, 1.165) is 22.3 Å². The van der Waals surface area contributed by atoms with E-state index in [-0.39, 0.29) is 17.5 Å². The SMILES string of the molecule is CNC(=O)c1ccc(-c2ccc(Cc3cc4c(c(Cl)c3C)OCCNC4=O)cc2)nn1. The Morgan fingerprint density at radius 1 is 1.19 bits per heavy atom. The third kappa shape index (κ3) is 4.22. The lowest BCUT2D eigenvalue weighted by Crippen LogP contribution is -2.24. The van der Waals surface area contributed by atoms with Crippen LogP contribution in [0.1, 0.15) is 37.5 Å². The fourth-order valence-electron chi connectivity index (χ4n) is 3.43. The van der Waals surface area contributed by atoms with E-state index in [9.17, 15) is 9.59 Å². The van der Waals surface area contributed by atoms with Gasteiger partial charge in [-0.25, -0.2) is 0 Å². The number of hydrogen-bond acceptors (Lipinski definition) is 5. The van der Waals surface area contributed by atoms with Crippen molar-refractivity contribution in [3.05, 3.63) is 75.4 Å². The Morgan fingerprint density at radius 3 is 2.65 bits per heavy atom. The Labute approximate surface area is 184 Å². The summed E-state index contributed by atoms with van der Waals surface area (Å²) in [7, 11) is 1.55. The molecule has 3 aromatic rings. The van der Waals surface area contributed by atoms with Gasteiger partial charge in [-0.15, -0.1) is 10.2 Å². The topological polar surface area (TPSA) is 93.2 Å². The molecule has 0 saturated carbocycles. The van der Waals surface area contributed by atoms with Gasteiger partial charge in [0.15, 0.2) is 11.4 Å². The van der Waals surface area contributed by atoms with Gasteiger partial charge in [0.25, 0.3) is 11.8 Å². The minimum Gasteiger partial charge on any atom is -0.489 e. The summed E-state index contributed by atoms with van der Waals surface area (Å²) in [4.78, 5) is 24.0. The van der Waals surface area contributed by atoms with E-state index in [1.54, 1.807) is 19.2 Å². The van der Waals surface area contributed by atoms with Crippen molar-refractivity contribution in [2.24, 2.45) is 0 Å². The van der Waals surface area contributed by atoms with Gasteiger partial charge in [0.2, 0.25) is 0 Å². The fourth-order valence-corrected chi connectivity index (χ4v) is 3.71. The molecule has 0 fully saturated rings. The Morgan fingerprint density at radius 2 is 1.97 bits per heavy atom. The summed E-state index contributed by atoms with van der Waals surface area (Å²) in [6, 6.07) is 13.2. The largest absolute Gasteiger partial charge is 0.489 e. The molecule has 0 atom stereocenters. The summed E-state index contributed by atoms with van der Waals surface area (Å²) < 4.78 is 5.68. The zero-order valence-corrected chi connectivity index (χ0v) is 17.9. The maximum Gasteiger partial charge on any atom is 0.271 e. The van der Waals surface area contributed by atoms with Gasteiger partial charge < -0.3 is 15.4 Å². The summed E-state index contributed by atoms with van der Waals surface area (Å²) >= 11 is 6.52. The van der Waals surface area contributed by atoms with Gasteiger partial charge in [0, 0.05) is 12.6 Å². The van der Waals surface area contributed by atoms with Gasteiger partial charge in [-0.05, 0) is 48.2 Å². The highest BCUT2D eigenvalue weighted by Crippen LogP contribution is 2.36. The standard InChI is InChI=1S/C23H21ClN4O3/c1-13-16(12-17-21(20(13)24)31-10-9-26-22(17)29)11-14-3-5-15(6-4-14)18-7-8-19(28-27-18)23(30)25-2/h3-8,12H,9-11H2,1-2H3,(H,25,30)(H,26,29). The van der Waals surface area contributed by atoms with Crippen LogP contribution in [0.15, 0.2) is 42.5 Å². The molecule has 0 radical (unpaired) electrons. The van der Waals surface area contributed by atoms with Crippen molar-refractivity contribution in [3.8, 4) is 17.0 Å². The van der Waals surface area contributed by atoms with Gasteiger partial charge in [-0.1, -0.05) is 35.9 Å². The van der Waals surface area contributed by atoms with Crippen LogP contribution in [0.5, 0.6) is 5.75 Å². The highest BCUT2D eigenvalue weighted by molar-refractivity contribution is 6.33. The number of carbonyl (C=O) groups is 2. The van der Waals surface area contributed by atoms with E-state index in [0.29, 0.717) is 41.6 Å². The lowest BCUT2D eigenvalue weighted by atomic mass is 9.96. The Kier molecular flexibility index (Phi) is 5.86. The van der Waals surface area contributed by atoms with E-state index >= 15 is 0 Å². The van der Waals surface area contributed by atoms with E-state index in [1.807, 2.05) is 37.3 Å². The molecule has 158 valence electrons. The lowest BCUT2D eigenvalue weighted by molar-refractivity contribution is 0.0949. The minimum atomic E-state index is -0.275. The van der Waals surface area contributed by atoms with Gasteiger partial charge in [0.05, 0.1) is 22.8 Å². The van der Waals surface area contributed by atoms with Crippen molar-refractivity contribution in [3.63, 3.8) is 0 Å². The van der Waals surface area contributed by atoms with E-state index < -0.39 is 0 Å². The summed E-state index contributed by atoms with van der Waals surface area (Å²) in [5.41, 5.74) is 5.23. The van der Waals surface area contributed by atoms with Crippen molar-refractivity contribution in [1.29, 1.82) is 0 Å². The molecule has 2 amide bonds. The molecular weight excluding hydrogens is 416 g/mol. The quantitative estimate of drug-likeness (QED) is 0.655. The molecule has 7 nitrogen and oxygen atoms in total. The van der Waals surface area contributed by atoms with Crippen molar-refractivity contribution < 1.29 is 14.3 Å². The summed E-state index contributed by atoms with van der Waals surface area (Å²) in [6.45, 7) is 2.78. The van der Waals surface area contributed by atoms with Crippen LogP contribution in [0.3, 0.4) is 0 Å². The molecule has 2 heterocycles. The van der Waals surface area contributed by atoms with Crippen molar-refractivity contribution in [1.82, 2.24) is 20.8 Å². The maximum absolute atomic E-state index is 12.4. The molecule has 0 saturated heterocycles. The Balaban J connectivity index is 1.58. The van der Waals surface area contributed by atoms with Crippen LogP contribution in [-0.4, -0.2) is 42.2 Å². The molecule has 1 aromatic heterocycles. The van der Waals surface area contributed by atoms with E-state index in [1.165, 1.54) is 0 Å². The summed E-state index contributed by atoms with van der Waals surface area (Å²) in [5.74, 6) is 0.0000714. The third-order valence-corrected chi connectivity index (χ3v) is 5.68. The number of amides is 2. The Bertz CT molecular complexity index is 1140. The first-order valence-corrected chi connectivity index (χ1v) is 10.2. The van der Waals surface area contributed by atoms with Crippen LogP contribution in [-0.2, 0) is 6.42 Å². The number of ether oxygens (including phenoxy) is 1. The predicted molar refractivity (Wildman–Crippen MR) is 118 cm³/mol. The average molecular weight is 437 g/mol. The summed E-state index contributed by atoms with van der Waals surface area (Å²) in [6.07, 6.45) is 0.619. The van der Waals surface area contributed by atoms with Gasteiger partial charge in [-0.3, -0.25) is 9.59 Å². The fraction of sp³-hybridized carbons (Fsp3) is 0.217. The highest BCUT2D eigenvalue weighted by atomic mass is 35.5. The first kappa shape index (κ1) is 20.8. The van der Waals surface area contributed by atoms with Crippen LogP contribution in [0.25, 0.3) is 11.3 Å². The molecular formula is C23H21ClN4O3. The second-order valence-corrected chi connectivity index (χ2v) is 7.59. The van der Waals surface area contributed by atoms with E-state index in [4.69, 9.17) is 16.3 Å². The highest BCUT2D eigenvalue weighted by Gasteiger charge is 2.22. The van der Waals surface area contributed by atoms with Gasteiger partial charge >= 0.3 is 0 Å². The zero-order valence-electron chi connectivity index (χ0n) is 17.2. The molecule has 8 heteroatoms. The number of rotatable bonds is 4. The molecule has 0 aliphatic carbocycles. The molecule has 4 rings (SSSR count). The van der Waals surface area contributed by atoms with Crippen molar-refractivity contribution >= 4 is 23.4 Å². The molecule has 0 spiro atoms. The third-order valence-electron chi connectivity index (χ3n) is 5.22. The number of aromatic nitrogens is 2. The second-order valence-electron chi connectivity index (χ2n) is 7.21. The van der Waals surface area contributed by atoms with Crippen LogP contribution in [0, 0.1) is 6.92 Å². The van der Waals surface area contributed by atoms with E-state index in [2.05, 4.69) is 20.8 Å². The zero-order chi connectivity index (χ0) is 22.0. The number of halogens is 1. The van der Waals surface area contributed by atoms with Crippen LogP contribution >= 0.6 is 11.6 Å². The smallest absolute Gasteiger partial charge is 0.271 e. The lowest BCUT2D eigenvalue weighted by Gasteiger charge is -2.15. The Hall–Kier alpha value is -3.45. The summed E-state index contributed by atoms with van der Waals surface area (Å²) in [5, 5.41) is 13.9. The van der Waals surface area contributed by atoms with Crippen LogP contribution in [0.2, 0.25) is 5.02 Å². The number of fused-ring (bicyclic) bond motifs is 1. The van der Waals surface area contributed by atoms with Gasteiger partial charge in [-0.2, -0.15) is 0 Å². The number of benzene rings is 2. The average Bonchev–Trinajstić information content (AvgIpc) is 2.99. The molecule has 0 unspecified atom stereocenters. The molecule has 2 N–H and O–H groups in total. The first-order valence-electron chi connectivity index (χ1n) is 9.86. The molecule has 31 heavy (non-hydrogen) atoms. The first-order chi connectivity index (χ1) is 15.0. The number of nitrogens with zero attached hydrogens (tertiary/aromatic N) is 2. The van der Waals surface area contributed by atoms with Crippen molar-refractivity contribution in [2.45, 2.75) is 13.3 Å². The molecule has 1 aliphatic rings. The number of carbonyl (C=O) groups excluding carboxylic acids is 2. The van der Waals surface area contributed by atoms with Crippen LogP contribution in [0.4, 0.5) is 0 Å². The number of nitrogens with one attached hydrogen (secondary N) is 2. The molecule has 2 aromatic carbocycles. The maximum atomic E-state index is 12.4. The minimum absolute atomic E-state index is 0.176. The normalized spacial score (nSPS) is 12.9. The second kappa shape index (κ2) is 8.73. The van der Waals surface area contributed by atoms with Gasteiger partial charge in [0.1, 0.15) is 6.61 Å². The molecule has 0 bridgehead atoms. The van der Waals surface area contributed by atoms with Crippen molar-refractivity contribution in [2.75, 3.05) is 20.2 Å². The number of hydrogen-bond donors (Lipinski definition) is 2.